The summed E-state index contributed by atoms with van der Waals surface area (Å²) < 4.78 is 28.0. The highest BCUT2D eigenvalue weighted by Crippen LogP contribution is 2.31. The number of rotatable bonds is 4. The highest BCUT2D eigenvalue weighted by Gasteiger charge is 2.23. The zero-order valence-corrected chi connectivity index (χ0v) is 14.1. The molecule has 0 radical (unpaired) electrons. The number of nitrogens with one attached hydrogen (secondary N) is 2. The van der Waals surface area contributed by atoms with Crippen molar-refractivity contribution in [2.45, 2.75) is 30.0 Å². The van der Waals surface area contributed by atoms with Gasteiger partial charge in [0.2, 0.25) is 10.0 Å². The molecule has 3 rings (SSSR count). The minimum atomic E-state index is -3.42. The molecule has 114 valence electrons. The Labute approximate surface area is 132 Å². The van der Waals surface area contributed by atoms with Gasteiger partial charge in [0.15, 0.2) is 0 Å². The lowest BCUT2D eigenvalue weighted by atomic mass is 10.1. The Kier molecular flexibility index (Phi) is 4.41. The van der Waals surface area contributed by atoms with E-state index in [0.717, 1.165) is 41.5 Å². The molecule has 0 bridgehead atoms. The zero-order valence-electron chi connectivity index (χ0n) is 11.6. The first-order valence-electron chi connectivity index (χ1n) is 6.80. The molecule has 5 nitrogen and oxygen atoms in total. The Bertz CT molecular complexity index is 715. The van der Waals surface area contributed by atoms with Gasteiger partial charge < -0.3 is 5.32 Å². The van der Waals surface area contributed by atoms with Crippen molar-refractivity contribution in [3.63, 3.8) is 0 Å². The molecule has 0 amide bonds. The first-order valence-corrected chi connectivity index (χ1v) is 9.98. The van der Waals surface area contributed by atoms with Gasteiger partial charge in [0.1, 0.15) is 4.21 Å². The summed E-state index contributed by atoms with van der Waals surface area (Å²) in [4.78, 5) is 5.29. The van der Waals surface area contributed by atoms with Gasteiger partial charge in [0.25, 0.3) is 0 Å². The molecule has 2 aromatic heterocycles. The summed E-state index contributed by atoms with van der Waals surface area (Å²) in [5, 5.41) is 6.17. The summed E-state index contributed by atoms with van der Waals surface area (Å²) in [5.41, 5.74) is 0.853. The fourth-order valence-corrected chi connectivity index (χ4v) is 5.57. The van der Waals surface area contributed by atoms with Crippen LogP contribution in [0.2, 0.25) is 0 Å². The summed E-state index contributed by atoms with van der Waals surface area (Å²) in [7, 11) is -3.42. The second-order valence-corrected chi connectivity index (χ2v) is 9.10. The smallest absolute Gasteiger partial charge is 0.250 e. The maximum Gasteiger partial charge on any atom is 0.250 e. The molecular formula is C13H17N3O2S3. The van der Waals surface area contributed by atoms with Crippen LogP contribution in [0.5, 0.6) is 0 Å². The molecule has 8 heteroatoms. The molecule has 1 aliphatic rings. The Morgan fingerprint density at radius 1 is 1.33 bits per heavy atom. The topological polar surface area (TPSA) is 71.1 Å². The van der Waals surface area contributed by atoms with Gasteiger partial charge in [-0.25, -0.2) is 18.1 Å². The van der Waals surface area contributed by atoms with Crippen LogP contribution in [-0.4, -0.2) is 32.5 Å². The highest BCUT2D eigenvalue weighted by atomic mass is 32.2. The van der Waals surface area contributed by atoms with Gasteiger partial charge in [-0.05, 0) is 45.0 Å². The van der Waals surface area contributed by atoms with Gasteiger partial charge in [-0.15, -0.1) is 22.7 Å². The Hall–Kier alpha value is -0.800. The van der Waals surface area contributed by atoms with Crippen molar-refractivity contribution in [3.05, 3.63) is 22.5 Å². The largest absolute Gasteiger partial charge is 0.317 e. The lowest BCUT2D eigenvalue weighted by Gasteiger charge is -2.23. The number of thiophene rings is 1. The van der Waals surface area contributed by atoms with E-state index < -0.39 is 10.0 Å². The van der Waals surface area contributed by atoms with E-state index in [2.05, 4.69) is 15.0 Å². The summed E-state index contributed by atoms with van der Waals surface area (Å²) in [6.07, 6.45) is 1.67. The van der Waals surface area contributed by atoms with Crippen molar-refractivity contribution in [2.24, 2.45) is 0 Å². The number of hydrogen-bond donors (Lipinski definition) is 2. The van der Waals surface area contributed by atoms with E-state index in [0.29, 0.717) is 4.21 Å². The van der Waals surface area contributed by atoms with Gasteiger partial charge in [0, 0.05) is 11.4 Å². The number of aromatic nitrogens is 1. The molecule has 2 N–H and O–H groups in total. The van der Waals surface area contributed by atoms with Crippen LogP contribution in [0.25, 0.3) is 10.6 Å². The van der Waals surface area contributed by atoms with Crippen LogP contribution in [-0.2, 0) is 10.0 Å². The van der Waals surface area contributed by atoms with Gasteiger partial charge in [0.05, 0.1) is 15.6 Å². The van der Waals surface area contributed by atoms with E-state index in [1.807, 2.05) is 18.4 Å². The molecule has 0 aliphatic carbocycles. The van der Waals surface area contributed by atoms with Gasteiger partial charge in [-0.1, -0.05) is 0 Å². The maximum atomic E-state index is 12.4. The van der Waals surface area contributed by atoms with Gasteiger partial charge in [-0.2, -0.15) is 0 Å². The Balaban J connectivity index is 1.78. The fraction of sp³-hybridized carbons (Fsp3) is 0.462. The first-order chi connectivity index (χ1) is 10.0. The molecule has 0 aromatic carbocycles. The van der Waals surface area contributed by atoms with Crippen LogP contribution >= 0.6 is 22.7 Å². The van der Waals surface area contributed by atoms with Crippen LogP contribution in [0.15, 0.2) is 21.7 Å². The molecule has 1 aliphatic heterocycles. The second-order valence-electron chi connectivity index (χ2n) is 5.02. The quantitative estimate of drug-likeness (QED) is 0.893. The Morgan fingerprint density at radius 3 is 2.76 bits per heavy atom. The van der Waals surface area contributed by atoms with Crippen LogP contribution in [0.3, 0.4) is 0 Å². The molecule has 1 fully saturated rings. The average molecular weight is 343 g/mol. The van der Waals surface area contributed by atoms with E-state index in [-0.39, 0.29) is 6.04 Å². The molecule has 0 spiro atoms. The minimum absolute atomic E-state index is 0.0308. The number of aryl methyl sites for hydroxylation is 1. The summed E-state index contributed by atoms with van der Waals surface area (Å²) in [6.45, 7) is 3.67. The molecular weight excluding hydrogens is 326 g/mol. The van der Waals surface area contributed by atoms with E-state index in [4.69, 9.17) is 0 Å². The lowest BCUT2D eigenvalue weighted by molar-refractivity contribution is 0.427. The molecule has 3 heterocycles. The molecule has 21 heavy (non-hydrogen) atoms. The van der Waals surface area contributed by atoms with Crippen LogP contribution in [0, 0.1) is 6.92 Å². The van der Waals surface area contributed by atoms with Crippen molar-refractivity contribution in [1.29, 1.82) is 0 Å². The monoisotopic (exact) mass is 343 g/mol. The molecule has 1 saturated heterocycles. The maximum absolute atomic E-state index is 12.4. The van der Waals surface area contributed by atoms with E-state index in [1.54, 1.807) is 17.4 Å². The number of thiazole rings is 1. The summed E-state index contributed by atoms with van der Waals surface area (Å²) in [6, 6.07) is 3.53. The van der Waals surface area contributed by atoms with Crippen molar-refractivity contribution in [2.75, 3.05) is 13.1 Å². The highest BCUT2D eigenvalue weighted by molar-refractivity contribution is 7.91. The van der Waals surface area contributed by atoms with E-state index in [9.17, 15) is 8.42 Å². The number of hydrogen-bond acceptors (Lipinski definition) is 6. The van der Waals surface area contributed by atoms with Crippen LogP contribution in [0.1, 0.15) is 17.8 Å². The normalized spacial score (nSPS) is 17.2. The predicted molar refractivity (Wildman–Crippen MR) is 86.4 cm³/mol. The molecule has 2 aromatic rings. The second kappa shape index (κ2) is 6.13. The average Bonchev–Trinajstić information content (AvgIpc) is 3.08. The van der Waals surface area contributed by atoms with Crippen molar-refractivity contribution in [3.8, 4) is 10.6 Å². The van der Waals surface area contributed by atoms with Gasteiger partial charge >= 0.3 is 0 Å². The van der Waals surface area contributed by atoms with E-state index in [1.165, 1.54) is 11.3 Å². The molecule has 0 saturated carbocycles. The zero-order chi connectivity index (χ0) is 14.9. The summed E-state index contributed by atoms with van der Waals surface area (Å²) >= 11 is 2.84. The third-order valence-corrected chi connectivity index (χ3v) is 7.27. The fourth-order valence-electron chi connectivity index (χ4n) is 2.30. The standard InChI is InChI=1S/C13H17N3O2S3/c1-9-15-11(8-19-9)12-2-3-13(20-12)21(17,18)16-10-4-6-14-7-5-10/h2-3,8,10,14,16H,4-7H2,1H3. The number of piperidine rings is 1. The first kappa shape index (κ1) is 15.1. The third-order valence-electron chi connectivity index (χ3n) is 3.38. The lowest BCUT2D eigenvalue weighted by Crippen LogP contribution is -2.42. The third kappa shape index (κ3) is 3.51. The SMILES string of the molecule is Cc1nc(-c2ccc(S(=O)(=O)NC3CCNCC3)s2)cs1. The van der Waals surface area contributed by atoms with Crippen LogP contribution in [0.4, 0.5) is 0 Å². The predicted octanol–water partition coefficient (Wildman–Crippen LogP) is 2.21. The minimum Gasteiger partial charge on any atom is -0.317 e. The van der Waals surface area contributed by atoms with Crippen molar-refractivity contribution >= 4 is 32.7 Å². The number of sulfonamides is 1. The van der Waals surface area contributed by atoms with E-state index >= 15 is 0 Å². The van der Waals surface area contributed by atoms with Crippen molar-refractivity contribution in [1.82, 2.24) is 15.0 Å². The Morgan fingerprint density at radius 2 is 2.10 bits per heavy atom. The molecule has 0 atom stereocenters. The van der Waals surface area contributed by atoms with Crippen molar-refractivity contribution < 1.29 is 8.42 Å². The number of nitrogens with zero attached hydrogens (tertiary/aromatic N) is 1. The van der Waals surface area contributed by atoms with Gasteiger partial charge in [-0.3, -0.25) is 0 Å². The summed E-state index contributed by atoms with van der Waals surface area (Å²) in [5.74, 6) is 0. The molecule has 0 unspecified atom stereocenters. The van der Waals surface area contributed by atoms with Crippen LogP contribution < -0.4 is 10.0 Å².